The summed E-state index contributed by atoms with van der Waals surface area (Å²) in [6, 6.07) is 15.9. The molecule has 16 heavy (non-hydrogen) atoms. The molecule has 1 aromatic heterocycles. The summed E-state index contributed by atoms with van der Waals surface area (Å²) in [5.74, 6) is 1.19. The van der Waals surface area contributed by atoms with Gasteiger partial charge in [0.1, 0.15) is 0 Å². The molecule has 0 atom stereocenters. The molecular weight excluding hydrogens is 378 g/mol. The Bertz CT molecular complexity index is 431. The standard InChI is InChI=1S/C13H10NO.Ir/c1-2-11-7-6-10-13(14-11)15-12-8-4-3-5-9-12;/h1,3-8,10H,2H2;/q-1;. The van der Waals surface area contributed by atoms with Gasteiger partial charge in [0.15, 0.2) is 0 Å². The molecule has 0 aliphatic rings. The maximum atomic E-state index is 5.50. The fourth-order valence-electron chi connectivity index (χ4n) is 1.18. The largest absolute Gasteiger partial charge is 0.466 e. The van der Waals surface area contributed by atoms with Crippen LogP contribution < -0.4 is 4.74 Å². The maximum absolute atomic E-state index is 5.50. The van der Waals surface area contributed by atoms with E-state index in [2.05, 4.69) is 11.1 Å². The van der Waals surface area contributed by atoms with Crippen LogP contribution >= 0.6 is 0 Å². The van der Waals surface area contributed by atoms with Crippen LogP contribution in [0.5, 0.6) is 11.6 Å². The van der Waals surface area contributed by atoms with Gasteiger partial charge in [-0.05, 0) is 19.4 Å². The van der Waals surface area contributed by atoms with Gasteiger partial charge >= 0.3 is 0 Å². The summed E-state index contributed by atoms with van der Waals surface area (Å²) in [5.41, 5.74) is 0.809. The molecule has 0 saturated heterocycles. The van der Waals surface area contributed by atoms with Crippen molar-refractivity contribution in [1.82, 2.24) is 4.98 Å². The molecule has 0 unspecified atom stereocenters. The Hall–Kier alpha value is -1.18. The zero-order valence-corrected chi connectivity index (χ0v) is 10.9. The number of benzene rings is 1. The monoisotopic (exact) mass is 389 g/mol. The fraction of sp³-hybridized carbons (Fsp3) is 0.0769. The third-order valence-electron chi connectivity index (χ3n) is 1.89. The Labute approximate surface area is 109 Å². The van der Waals surface area contributed by atoms with Crippen molar-refractivity contribution in [2.45, 2.75) is 6.42 Å². The first kappa shape index (κ1) is 12.9. The Morgan fingerprint density at radius 3 is 2.75 bits per heavy atom. The molecule has 0 aliphatic carbocycles. The van der Waals surface area contributed by atoms with E-state index in [1.165, 1.54) is 0 Å². The van der Waals surface area contributed by atoms with E-state index in [4.69, 9.17) is 11.7 Å². The number of hydrogen-bond acceptors (Lipinski definition) is 2. The van der Waals surface area contributed by atoms with Crippen molar-refractivity contribution in [2.75, 3.05) is 0 Å². The topological polar surface area (TPSA) is 22.1 Å². The van der Waals surface area contributed by atoms with Crippen LogP contribution in [0, 0.1) is 13.0 Å². The quantitative estimate of drug-likeness (QED) is 0.755. The zero-order valence-electron chi connectivity index (χ0n) is 8.51. The minimum atomic E-state index is 0. The second-order valence-corrected chi connectivity index (χ2v) is 3.00. The summed E-state index contributed by atoms with van der Waals surface area (Å²) < 4.78 is 5.50. The van der Waals surface area contributed by atoms with Crippen LogP contribution in [0.1, 0.15) is 5.69 Å². The van der Waals surface area contributed by atoms with Gasteiger partial charge in [-0.3, -0.25) is 0 Å². The molecule has 2 aromatic rings. The molecule has 1 aromatic carbocycles. The first-order valence-electron chi connectivity index (χ1n) is 4.69. The summed E-state index contributed by atoms with van der Waals surface area (Å²) in [7, 11) is 0. The van der Waals surface area contributed by atoms with E-state index >= 15 is 0 Å². The molecule has 2 rings (SSSR count). The number of para-hydroxylation sites is 1. The average Bonchev–Trinajstić information content (AvgIpc) is 2.31. The number of rotatable bonds is 3. The molecular formula is C13H10IrNO-. The van der Waals surface area contributed by atoms with E-state index in [-0.39, 0.29) is 20.1 Å². The first-order valence-corrected chi connectivity index (χ1v) is 4.69. The van der Waals surface area contributed by atoms with Crippen molar-refractivity contribution in [1.29, 1.82) is 0 Å². The van der Waals surface area contributed by atoms with Crippen molar-refractivity contribution in [3.8, 4) is 11.6 Å². The average molecular weight is 388 g/mol. The van der Waals surface area contributed by atoms with Crippen molar-refractivity contribution < 1.29 is 24.8 Å². The minimum Gasteiger partial charge on any atom is -0.466 e. The van der Waals surface area contributed by atoms with E-state index in [0.29, 0.717) is 18.1 Å². The second-order valence-electron chi connectivity index (χ2n) is 3.00. The van der Waals surface area contributed by atoms with Gasteiger partial charge in [0, 0.05) is 37.6 Å². The van der Waals surface area contributed by atoms with Crippen LogP contribution in [-0.2, 0) is 26.5 Å². The van der Waals surface area contributed by atoms with Crippen molar-refractivity contribution in [3.63, 3.8) is 0 Å². The summed E-state index contributed by atoms with van der Waals surface area (Å²) in [6.07, 6.45) is 0.412. The zero-order chi connectivity index (χ0) is 10.5. The fourth-order valence-corrected chi connectivity index (χ4v) is 1.18. The Morgan fingerprint density at radius 1 is 1.19 bits per heavy atom. The third-order valence-corrected chi connectivity index (χ3v) is 1.89. The molecule has 0 aliphatic heterocycles. The number of pyridine rings is 1. The summed E-state index contributed by atoms with van der Waals surface area (Å²) in [4.78, 5) is 4.22. The molecule has 0 N–H and O–H groups in total. The molecule has 0 amide bonds. The smallest absolute Gasteiger partial charge is 0.216 e. The van der Waals surface area contributed by atoms with Gasteiger partial charge in [0.2, 0.25) is 5.88 Å². The predicted octanol–water partition coefficient (Wildman–Crippen LogP) is 2.93. The molecule has 83 valence electrons. The number of aromatic nitrogens is 1. The Balaban J connectivity index is 0.00000128. The van der Waals surface area contributed by atoms with Gasteiger partial charge in [0.25, 0.3) is 0 Å². The van der Waals surface area contributed by atoms with E-state index in [9.17, 15) is 0 Å². The van der Waals surface area contributed by atoms with Crippen LogP contribution in [0.3, 0.4) is 0 Å². The molecule has 0 fully saturated rings. The summed E-state index contributed by atoms with van der Waals surface area (Å²) >= 11 is 0. The summed E-state index contributed by atoms with van der Waals surface area (Å²) in [5, 5.41) is 0. The SMILES string of the molecule is [CH]Cc1cccc(Oc2[c-]cccc2)n1.[Ir]. The Morgan fingerprint density at radius 2 is 2.06 bits per heavy atom. The second kappa shape index (κ2) is 6.41. The summed E-state index contributed by atoms with van der Waals surface area (Å²) in [6.45, 7) is 5.49. The third kappa shape index (κ3) is 3.44. The van der Waals surface area contributed by atoms with Gasteiger partial charge in [0.05, 0.1) is 0 Å². The normalized spacial score (nSPS) is 9.31. The van der Waals surface area contributed by atoms with Crippen molar-refractivity contribution >= 4 is 0 Å². The first-order chi connectivity index (χ1) is 7.38. The molecule has 1 heterocycles. The van der Waals surface area contributed by atoms with Crippen molar-refractivity contribution in [3.05, 3.63) is 61.1 Å². The molecule has 0 bridgehead atoms. The molecule has 0 saturated carbocycles. The van der Waals surface area contributed by atoms with Crippen molar-refractivity contribution in [2.24, 2.45) is 0 Å². The van der Waals surface area contributed by atoms with E-state index in [1.807, 2.05) is 30.3 Å². The molecule has 3 heteroatoms. The van der Waals surface area contributed by atoms with Gasteiger partial charge < -0.3 is 4.74 Å². The Kier molecular flexibility index (Phi) is 5.16. The van der Waals surface area contributed by atoms with E-state index < -0.39 is 0 Å². The van der Waals surface area contributed by atoms with Crippen LogP contribution in [0.25, 0.3) is 0 Å². The van der Waals surface area contributed by atoms with Crippen LogP contribution in [0.15, 0.2) is 42.5 Å². The van der Waals surface area contributed by atoms with Gasteiger partial charge in [-0.1, -0.05) is 6.07 Å². The number of hydrogen-bond donors (Lipinski definition) is 0. The number of ether oxygens (including phenoxy) is 1. The maximum Gasteiger partial charge on any atom is 0.216 e. The van der Waals surface area contributed by atoms with E-state index in [0.717, 1.165) is 5.69 Å². The van der Waals surface area contributed by atoms with E-state index in [1.54, 1.807) is 12.1 Å². The number of nitrogens with zero attached hydrogens (tertiary/aromatic N) is 1. The van der Waals surface area contributed by atoms with Crippen LogP contribution in [-0.4, -0.2) is 4.98 Å². The van der Waals surface area contributed by atoms with Gasteiger partial charge in [-0.2, -0.15) is 18.2 Å². The minimum absolute atomic E-state index is 0. The predicted molar refractivity (Wildman–Crippen MR) is 57.6 cm³/mol. The van der Waals surface area contributed by atoms with Crippen LogP contribution in [0.4, 0.5) is 0 Å². The molecule has 3 radical (unpaired) electrons. The van der Waals surface area contributed by atoms with Gasteiger partial charge in [-0.25, -0.2) is 4.98 Å². The van der Waals surface area contributed by atoms with Crippen LogP contribution in [0.2, 0.25) is 0 Å². The molecule has 2 nitrogen and oxygen atoms in total. The molecule has 0 spiro atoms. The van der Waals surface area contributed by atoms with Gasteiger partial charge in [-0.15, -0.1) is 12.1 Å².